The van der Waals surface area contributed by atoms with E-state index in [1.807, 2.05) is 0 Å². The fourth-order valence-electron chi connectivity index (χ4n) is 0.356. The Morgan fingerprint density at radius 3 is 1.00 bits per heavy atom. The summed E-state index contributed by atoms with van der Waals surface area (Å²) in [6.45, 7) is 0. The Balaban J connectivity index is 5.30. The number of alkyl halides is 10. The number of rotatable bonds is 2. The van der Waals surface area contributed by atoms with Crippen LogP contribution in [-0.4, -0.2) is 22.6 Å². The average molecular weight is 271 g/mol. The summed E-state index contributed by atoms with van der Waals surface area (Å²) in [7, 11) is 0. The molecular formula is C4Cl2F8. The lowest BCUT2D eigenvalue weighted by Crippen LogP contribution is -2.58. The van der Waals surface area contributed by atoms with Crippen molar-refractivity contribution in [3.63, 3.8) is 0 Å². The highest BCUT2D eigenvalue weighted by atomic mass is 35.5. The molecule has 0 bridgehead atoms. The quantitative estimate of drug-likeness (QED) is 0.527. The second-order valence-corrected chi connectivity index (χ2v) is 3.14. The molecule has 86 valence electrons. The third kappa shape index (κ3) is 2.00. The molecule has 0 nitrogen and oxygen atoms in total. The van der Waals surface area contributed by atoms with Gasteiger partial charge < -0.3 is 0 Å². The Morgan fingerprint density at radius 2 is 0.929 bits per heavy atom. The van der Waals surface area contributed by atoms with E-state index in [0.717, 1.165) is 0 Å². The van der Waals surface area contributed by atoms with Gasteiger partial charge in [0.2, 0.25) is 0 Å². The monoisotopic (exact) mass is 270 g/mol. The molecule has 14 heavy (non-hydrogen) atoms. The first kappa shape index (κ1) is 14.0. The molecule has 0 fully saturated rings. The summed E-state index contributed by atoms with van der Waals surface area (Å²) in [4.78, 5) is 0. The molecule has 10 heteroatoms. The number of halogens is 10. The molecule has 0 aliphatic rings. The molecule has 0 spiro atoms. The lowest BCUT2D eigenvalue weighted by molar-refractivity contribution is -0.330. The molecule has 1 atom stereocenters. The van der Waals surface area contributed by atoms with E-state index >= 15 is 0 Å². The van der Waals surface area contributed by atoms with Crippen molar-refractivity contribution in [1.29, 1.82) is 0 Å². The molecule has 0 N–H and O–H groups in total. The van der Waals surface area contributed by atoms with Crippen molar-refractivity contribution < 1.29 is 35.1 Å². The first-order chi connectivity index (χ1) is 5.75. The van der Waals surface area contributed by atoms with Gasteiger partial charge in [0.25, 0.3) is 0 Å². The first-order valence-corrected chi connectivity index (χ1v) is 3.40. The van der Waals surface area contributed by atoms with Gasteiger partial charge in [-0.1, -0.05) is 11.6 Å². The summed E-state index contributed by atoms with van der Waals surface area (Å²) in [5.41, 5.74) is 0. The first-order valence-electron chi connectivity index (χ1n) is 2.64. The molecule has 0 saturated heterocycles. The van der Waals surface area contributed by atoms with E-state index in [1.54, 1.807) is 0 Å². The van der Waals surface area contributed by atoms with E-state index in [-0.39, 0.29) is 0 Å². The van der Waals surface area contributed by atoms with Crippen LogP contribution in [0.4, 0.5) is 35.1 Å². The highest BCUT2D eigenvalue weighted by Crippen LogP contribution is 2.55. The minimum atomic E-state index is -6.57. The summed E-state index contributed by atoms with van der Waals surface area (Å²) >= 11 is 7.47. The molecule has 0 rings (SSSR count). The van der Waals surface area contributed by atoms with Gasteiger partial charge in [0.1, 0.15) is 0 Å². The van der Waals surface area contributed by atoms with Crippen LogP contribution in [0.5, 0.6) is 0 Å². The van der Waals surface area contributed by atoms with Gasteiger partial charge in [0, 0.05) is 0 Å². The Labute approximate surface area is 81.8 Å². The van der Waals surface area contributed by atoms with Gasteiger partial charge in [0.05, 0.1) is 0 Å². The minimum absolute atomic E-state index is 3.70. The molecule has 0 aliphatic heterocycles. The normalized spacial score (nSPS) is 19.3. The molecule has 0 aliphatic carbocycles. The van der Waals surface area contributed by atoms with Crippen LogP contribution < -0.4 is 0 Å². The molecule has 0 amide bonds. The lowest BCUT2D eigenvalue weighted by Gasteiger charge is -2.31. The third-order valence-corrected chi connectivity index (χ3v) is 1.94. The van der Waals surface area contributed by atoms with Crippen LogP contribution in [0.15, 0.2) is 0 Å². The van der Waals surface area contributed by atoms with Gasteiger partial charge in [-0.2, -0.15) is 30.7 Å². The van der Waals surface area contributed by atoms with Gasteiger partial charge in [-0.25, -0.2) is 4.39 Å². The summed E-state index contributed by atoms with van der Waals surface area (Å²) in [6.07, 6.45) is -6.57. The summed E-state index contributed by atoms with van der Waals surface area (Å²) in [6, 6.07) is 0. The molecule has 0 saturated carbocycles. The smallest absolute Gasteiger partial charge is 0.211 e. The Morgan fingerprint density at radius 1 is 0.643 bits per heavy atom. The minimum Gasteiger partial charge on any atom is -0.211 e. The maximum Gasteiger partial charge on any atom is 0.458 e. The summed E-state index contributed by atoms with van der Waals surface area (Å²) in [5.74, 6) is -6.47. The van der Waals surface area contributed by atoms with Gasteiger partial charge in [-0.05, 0) is 11.6 Å². The van der Waals surface area contributed by atoms with E-state index in [0.29, 0.717) is 0 Å². The predicted molar refractivity (Wildman–Crippen MR) is 31.5 cm³/mol. The van der Waals surface area contributed by atoms with Crippen molar-refractivity contribution >= 4 is 23.2 Å². The molecule has 0 aromatic heterocycles. The summed E-state index contributed by atoms with van der Waals surface area (Å²) in [5, 5.41) is -11.3. The van der Waals surface area contributed by atoms with Crippen LogP contribution in [0.25, 0.3) is 0 Å². The van der Waals surface area contributed by atoms with Crippen molar-refractivity contribution in [3.8, 4) is 0 Å². The van der Waals surface area contributed by atoms with Crippen LogP contribution in [0.3, 0.4) is 0 Å². The van der Waals surface area contributed by atoms with E-state index in [1.165, 1.54) is 0 Å². The van der Waals surface area contributed by atoms with E-state index in [4.69, 9.17) is 0 Å². The van der Waals surface area contributed by atoms with E-state index in [2.05, 4.69) is 23.2 Å². The van der Waals surface area contributed by atoms with Crippen LogP contribution in [0.2, 0.25) is 0 Å². The van der Waals surface area contributed by atoms with Gasteiger partial charge in [-0.15, -0.1) is 0 Å². The van der Waals surface area contributed by atoms with Crippen LogP contribution in [0, 0.1) is 0 Å². The number of hydrogen-bond acceptors (Lipinski definition) is 0. The Kier molecular flexibility index (Phi) is 3.27. The largest absolute Gasteiger partial charge is 0.458 e. The maximum atomic E-state index is 12.3. The Bertz CT molecular complexity index is 188. The molecule has 1 unspecified atom stereocenters. The van der Waals surface area contributed by atoms with Crippen LogP contribution >= 0.6 is 23.2 Å². The van der Waals surface area contributed by atoms with Gasteiger partial charge in [-0.3, -0.25) is 0 Å². The fraction of sp³-hybridized carbons (Fsp3) is 1.00. The van der Waals surface area contributed by atoms with E-state index in [9.17, 15) is 35.1 Å². The molecule has 0 aromatic carbocycles. The topological polar surface area (TPSA) is 0 Å². The fourth-order valence-corrected chi connectivity index (χ4v) is 0.582. The molecular weight excluding hydrogens is 271 g/mol. The van der Waals surface area contributed by atoms with Crippen LogP contribution in [-0.2, 0) is 0 Å². The molecule has 0 heterocycles. The predicted octanol–water partition coefficient (Wildman–Crippen LogP) is 3.92. The molecule has 0 aromatic rings. The van der Waals surface area contributed by atoms with Gasteiger partial charge >= 0.3 is 22.6 Å². The summed E-state index contributed by atoms with van der Waals surface area (Å²) < 4.78 is 94.1. The highest BCUT2D eigenvalue weighted by Gasteiger charge is 2.79. The molecule has 0 radical (unpaired) electrons. The third-order valence-electron chi connectivity index (χ3n) is 1.11. The SMILES string of the molecule is FC(F)(F)C(F)(F)C(F)(Cl)C(F)(F)Cl. The van der Waals surface area contributed by atoms with Gasteiger partial charge in [0.15, 0.2) is 0 Å². The standard InChI is InChI=1S/C4Cl2F8/c5-1(7,3(6,10)11)2(8,9)4(12,13)14. The van der Waals surface area contributed by atoms with Crippen molar-refractivity contribution in [1.82, 2.24) is 0 Å². The maximum absolute atomic E-state index is 12.3. The van der Waals surface area contributed by atoms with Crippen molar-refractivity contribution in [3.05, 3.63) is 0 Å². The van der Waals surface area contributed by atoms with Crippen molar-refractivity contribution in [2.45, 2.75) is 22.6 Å². The highest BCUT2D eigenvalue weighted by molar-refractivity contribution is 6.33. The number of hydrogen-bond donors (Lipinski definition) is 0. The zero-order valence-electron chi connectivity index (χ0n) is 5.78. The van der Waals surface area contributed by atoms with Crippen molar-refractivity contribution in [2.24, 2.45) is 0 Å². The Hall–Kier alpha value is 0.0200. The zero-order chi connectivity index (χ0) is 12.0. The second kappa shape index (κ2) is 3.26. The van der Waals surface area contributed by atoms with E-state index < -0.39 is 22.6 Å². The van der Waals surface area contributed by atoms with Crippen LogP contribution in [0.1, 0.15) is 0 Å². The van der Waals surface area contributed by atoms with Crippen molar-refractivity contribution in [2.75, 3.05) is 0 Å². The average Bonchev–Trinajstić information content (AvgIpc) is 1.81. The zero-order valence-corrected chi connectivity index (χ0v) is 7.29. The second-order valence-electron chi connectivity index (χ2n) is 2.14. The lowest BCUT2D eigenvalue weighted by atomic mass is 10.2.